The van der Waals surface area contributed by atoms with E-state index in [9.17, 15) is 9.59 Å². The fourth-order valence-electron chi connectivity index (χ4n) is 1.89. The predicted octanol–water partition coefficient (Wildman–Crippen LogP) is 3.68. The van der Waals surface area contributed by atoms with Crippen LogP contribution >= 0.6 is 43.2 Å². The highest BCUT2D eigenvalue weighted by Gasteiger charge is 2.11. The van der Waals surface area contributed by atoms with E-state index in [1.54, 1.807) is 30.7 Å². The first-order valence-electron chi connectivity index (χ1n) is 7.61. The van der Waals surface area contributed by atoms with Gasteiger partial charge in [-0.2, -0.15) is 5.10 Å². The van der Waals surface area contributed by atoms with Crippen LogP contribution in [0.5, 0.6) is 5.75 Å². The third-order valence-electron chi connectivity index (χ3n) is 2.92. The molecule has 0 fully saturated rings. The summed E-state index contributed by atoms with van der Waals surface area (Å²) in [5.41, 5.74) is 4.15. The number of benzene rings is 1. The second-order valence-electron chi connectivity index (χ2n) is 4.99. The van der Waals surface area contributed by atoms with Crippen LogP contribution in [0.2, 0.25) is 0 Å². The Kier molecular flexibility index (Phi) is 8.20. The molecular weight excluding hydrogens is 506 g/mol. The number of hydrazone groups is 1. The molecule has 2 rings (SSSR count). The van der Waals surface area contributed by atoms with E-state index in [4.69, 9.17) is 14.6 Å². The second-order valence-corrected chi connectivity index (χ2v) is 7.56. The molecule has 11 heteroatoms. The van der Waals surface area contributed by atoms with Gasteiger partial charge in [0.1, 0.15) is 5.75 Å². The first kappa shape index (κ1) is 21.3. The molecule has 2 aromatic rings. The van der Waals surface area contributed by atoms with Crippen LogP contribution in [-0.2, 0) is 20.7 Å². The van der Waals surface area contributed by atoms with Crippen molar-refractivity contribution in [3.8, 4) is 5.75 Å². The van der Waals surface area contributed by atoms with E-state index >= 15 is 0 Å². The summed E-state index contributed by atoms with van der Waals surface area (Å²) < 4.78 is 11.3. The number of hydrogen-bond donors (Lipinski definition) is 2. The van der Waals surface area contributed by atoms with E-state index < -0.39 is 12.6 Å². The number of carboxylic acids is 1. The molecule has 8 nitrogen and oxygen atoms in total. The molecule has 144 valence electrons. The minimum atomic E-state index is -1.06. The van der Waals surface area contributed by atoms with Crippen LogP contribution in [0.1, 0.15) is 18.2 Å². The number of thiazole rings is 1. The minimum absolute atomic E-state index is 0.118. The number of nitrogens with one attached hydrogen (secondary N) is 1. The number of aliphatic carboxylic acids is 1. The summed E-state index contributed by atoms with van der Waals surface area (Å²) >= 11 is 8.00. The quantitative estimate of drug-likeness (QED) is 0.295. The van der Waals surface area contributed by atoms with E-state index in [0.717, 1.165) is 5.56 Å². The van der Waals surface area contributed by atoms with Crippen molar-refractivity contribution in [1.82, 2.24) is 4.98 Å². The van der Waals surface area contributed by atoms with Crippen LogP contribution in [0.25, 0.3) is 0 Å². The zero-order valence-electron chi connectivity index (χ0n) is 14.1. The summed E-state index contributed by atoms with van der Waals surface area (Å²) in [6, 6.07) is 3.47. The summed E-state index contributed by atoms with van der Waals surface area (Å²) in [6.07, 6.45) is 1.69. The molecule has 0 aliphatic carbocycles. The maximum absolute atomic E-state index is 11.4. The minimum Gasteiger partial charge on any atom is -0.480 e. The van der Waals surface area contributed by atoms with Crippen molar-refractivity contribution >= 4 is 66.5 Å². The number of carboxylic acid groups (broad SMARTS) is 1. The summed E-state index contributed by atoms with van der Waals surface area (Å²) in [5, 5.41) is 15.1. The van der Waals surface area contributed by atoms with Crippen LogP contribution in [0.15, 0.2) is 31.6 Å². The van der Waals surface area contributed by atoms with Gasteiger partial charge in [-0.05, 0) is 56.5 Å². The molecule has 0 aliphatic rings. The number of rotatable bonds is 9. The Bertz CT molecular complexity index is 833. The van der Waals surface area contributed by atoms with Crippen LogP contribution < -0.4 is 10.2 Å². The number of hydrogen-bond acceptors (Lipinski definition) is 8. The Morgan fingerprint density at radius 2 is 2.07 bits per heavy atom. The van der Waals surface area contributed by atoms with Gasteiger partial charge in [-0.3, -0.25) is 10.2 Å². The van der Waals surface area contributed by atoms with Crippen LogP contribution in [0.3, 0.4) is 0 Å². The zero-order valence-corrected chi connectivity index (χ0v) is 18.1. The molecule has 0 amide bonds. The highest BCUT2D eigenvalue weighted by molar-refractivity contribution is 9.11. The number of anilines is 1. The van der Waals surface area contributed by atoms with Gasteiger partial charge in [0.15, 0.2) is 6.61 Å². The van der Waals surface area contributed by atoms with Crippen molar-refractivity contribution in [3.05, 3.63) is 37.7 Å². The lowest BCUT2D eigenvalue weighted by Gasteiger charge is -2.09. The third kappa shape index (κ3) is 6.92. The molecule has 27 heavy (non-hydrogen) atoms. The molecule has 0 aliphatic heterocycles. The largest absolute Gasteiger partial charge is 0.480 e. The number of aromatic nitrogens is 1. The van der Waals surface area contributed by atoms with E-state index in [1.807, 2.05) is 0 Å². The molecule has 0 radical (unpaired) electrons. The molecule has 0 atom stereocenters. The van der Waals surface area contributed by atoms with E-state index in [-0.39, 0.29) is 12.4 Å². The van der Waals surface area contributed by atoms with Gasteiger partial charge in [0.2, 0.25) is 5.13 Å². The van der Waals surface area contributed by atoms with Gasteiger partial charge in [-0.25, -0.2) is 9.78 Å². The zero-order chi connectivity index (χ0) is 19.8. The summed E-state index contributed by atoms with van der Waals surface area (Å²) in [5.74, 6) is -0.988. The molecule has 1 heterocycles. The monoisotopic (exact) mass is 519 g/mol. The van der Waals surface area contributed by atoms with Crippen molar-refractivity contribution in [2.45, 2.75) is 13.3 Å². The average molecular weight is 521 g/mol. The fraction of sp³-hybridized carbons (Fsp3) is 0.250. The smallest absolute Gasteiger partial charge is 0.341 e. The Morgan fingerprint density at radius 3 is 2.70 bits per heavy atom. The maximum atomic E-state index is 11.4. The topological polar surface area (TPSA) is 110 Å². The normalized spacial score (nSPS) is 10.8. The van der Waals surface area contributed by atoms with Crippen molar-refractivity contribution in [2.75, 3.05) is 18.6 Å². The average Bonchev–Trinajstić information content (AvgIpc) is 3.01. The van der Waals surface area contributed by atoms with Crippen molar-refractivity contribution < 1.29 is 24.2 Å². The van der Waals surface area contributed by atoms with Gasteiger partial charge in [-0.1, -0.05) is 0 Å². The molecule has 1 aromatic carbocycles. The van der Waals surface area contributed by atoms with Crippen molar-refractivity contribution in [1.29, 1.82) is 0 Å². The lowest BCUT2D eigenvalue weighted by Crippen LogP contribution is -2.10. The van der Waals surface area contributed by atoms with Crippen molar-refractivity contribution in [2.24, 2.45) is 5.10 Å². The number of carbonyl (C=O) groups is 2. The van der Waals surface area contributed by atoms with E-state index in [2.05, 4.69) is 47.4 Å². The summed E-state index contributed by atoms with van der Waals surface area (Å²) in [7, 11) is 0. The predicted molar refractivity (Wildman–Crippen MR) is 109 cm³/mol. The molecule has 0 bridgehead atoms. The molecule has 1 aromatic heterocycles. The van der Waals surface area contributed by atoms with E-state index in [1.165, 1.54) is 11.3 Å². The van der Waals surface area contributed by atoms with Gasteiger partial charge in [-0.15, -0.1) is 11.3 Å². The Morgan fingerprint density at radius 1 is 1.37 bits per heavy atom. The molecule has 0 saturated heterocycles. The molecule has 2 N–H and O–H groups in total. The highest BCUT2D eigenvalue weighted by atomic mass is 79.9. The Balaban J connectivity index is 1.97. The molecular formula is C16H15Br2N3O5S. The van der Waals surface area contributed by atoms with E-state index in [0.29, 0.717) is 32.1 Å². The van der Waals surface area contributed by atoms with Crippen LogP contribution in [0.4, 0.5) is 5.13 Å². The lowest BCUT2D eigenvalue weighted by atomic mass is 10.2. The lowest BCUT2D eigenvalue weighted by molar-refractivity contribution is -0.142. The third-order valence-corrected chi connectivity index (χ3v) is 4.89. The number of carbonyl (C=O) groups excluding carboxylic acids is 1. The van der Waals surface area contributed by atoms with Crippen LogP contribution in [-0.4, -0.2) is 41.5 Å². The van der Waals surface area contributed by atoms with Gasteiger partial charge in [0, 0.05) is 5.38 Å². The van der Waals surface area contributed by atoms with Gasteiger partial charge in [0.25, 0.3) is 0 Å². The Labute approximate surface area is 175 Å². The SMILES string of the molecule is CCOC(=O)Cc1csc(NN=Cc2cc(Br)c(OCC(=O)O)c(Br)c2)n1. The Hall–Kier alpha value is -1.98. The van der Waals surface area contributed by atoms with Gasteiger partial charge < -0.3 is 14.6 Å². The van der Waals surface area contributed by atoms with Gasteiger partial charge in [0.05, 0.1) is 33.9 Å². The standard InChI is InChI=1S/C16H15Br2N3O5S/c1-2-25-14(24)5-10-8-27-16(20-10)21-19-6-9-3-11(17)15(12(18)4-9)26-7-13(22)23/h3-4,6,8H,2,5,7H2,1H3,(H,20,21)(H,22,23). The number of halogens is 2. The molecule has 0 unspecified atom stereocenters. The summed E-state index contributed by atoms with van der Waals surface area (Å²) in [6.45, 7) is 1.65. The maximum Gasteiger partial charge on any atom is 0.341 e. The van der Waals surface area contributed by atoms with Crippen LogP contribution in [0, 0.1) is 0 Å². The summed E-state index contributed by atoms with van der Waals surface area (Å²) in [4.78, 5) is 26.3. The number of esters is 1. The second kappa shape index (κ2) is 10.4. The molecule has 0 spiro atoms. The first-order valence-corrected chi connectivity index (χ1v) is 10.1. The first-order chi connectivity index (χ1) is 12.9. The molecule has 0 saturated carbocycles. The highest BCUT2D eigenvalue weighted by Crippen LogP contribution is 2.34. The fourth-order valence-corrected chi connectivity index (χ4v) is 4.00. The number of nitrogens with zero attached hydrogens (tertiary/aromatic N) is 2. The van der Waals surface area contributed by atoms with Gasteiger partial charge >= 0.3 is 11.9 Å². The van der Waals surface area contributed by atoms with Crippen molar-refractivity contribution in [3.63, 3.8) is 0 Å². The number of ether oxygens (including phenoxy) is 2.